The van der Waals surface area contributed by atoms with Gasteiger partial charge in [0.15, 0.2) is 5.82 Å². The second-order valence-electron chi connectivity index (χ2n) is 8.13. The third kappa shape index (κ3) is 3.75. The largest absolute Gasteiger partial charge is 0.485 e. The van der Waals surface area contributed by atoms with Gasteiger partial charge in [-0.25, -0.2) is 8.78 Å². The van der Waals surface area contributed by atoms with Crippen LogP contribution in [0.1, 0.15) is 61.1 Å². The van der Waals surface area contributed by atoms with E-state index < -0.39 is 11.6 Å². The van der Waals surface area contributed by atoms with E-state index in [-0.39, 0.29) is 33.9 Å². The van der Waals surface area contributed by atoms with Crippen LogP contribution in [0.15, 0.2) is 49.2 Å². The molecule has 32 heavy (non-hydrogen) atoms. The molecule has 0 bridgehead atoms. The Morgan fingerprint density at radius 2 is 1.94 bits per heavy atom. The van der Waals surface area contributed by atoms with Gasteiger partial charge in [-0.2, -0.15) is 0 Å². The number of nitrogens with zero attached hydrogens (tertiary/aromatic N) is 1. The van der Waals surface area contributed by atoms with E-state index in [0.717, 1.165) is 18.4 Å². The first-order valence-electron chi connectivity index (χ1n) is 10.7. The van der Waals surface area contributed by atoms with Crippen molar-refractivity contribution < 1.29 is 13.5 Å². The highest BCUT2D eigenvalue weighted by Crippen LogP contribution is 2.53. The van der Waals surface area contributed by atoms with E-state index in [4.69, 9.17) is 22.1 Å². The molecule has 2 heterocycles. The molecule has 6 heteroatoms. The number of aromatic nitrogens is 1. The van der Waals surface area contributed by atoms with Crippen LogP contribution in [0.4, 0.5) is 8.78 Å². The fourth-order valence-corrected chi connectivity index (χ4v) is 4.58. The van der Waals surface area contributed by atoms with Gasteiger partial charge in [0, 0.05) is 46.1 Å². The number of hydrogen-bond donors (Lipinski definition) is 1. The van der Waals surface area contributed by atoms with Gasteiger partial charge in [0.05, 0.1) is 10.7 Å². The Morgan fingerprint density at radius 3 is 2.59 bits per heavy atom. The summed E-state index contributed by atoms with van der Waals surface area (Å²) in [5.41, 5.74) is 8.70. The first-order valence-corrected chi connectivity index (χ1v) is 11.1. The molecule has 3 aromatic rings. The van der Waals surface area contributed by atoms with Crippen LogP contribution >= 0.6 is 11.6 Å². The number of halogens is 3. The number of fused-ring (bicyclic) bond motifs is 1. The lowest BCUT2D eigenvalue weighted by Gasteiger charge is -2.19. The van der Waals surface area contributed by atoms with Crippen molar-refractivity contribution >= 4 is 17.3 Å². The topological polar surface area (TPSA) is 48.1 Å². The van der Waals surface area contributed by atoms with Gasteiger partial charge in [0.1, 0.15) is 17.7 Å². The zero-order valence-electron chi connectivity index (χ0n) is 18.1. The maximum Gasteiger partial charge on any atom is 0.153 e. The van der Waals surface area contributed by atoms with Crippen LogP contribution in [0.3, 0.4) is 0 Å². The fourth-order valence-electron chi connectivity index (χ4n) is 4.33. The number of hydrogen-bond acceptors (Lipinski definition) is 3. The van der Waals surface area contributed by atoms with Crippen molar-refractivity contribution in [1.82, 2.24) is 4.98 Å². The van der Waals surface area contributed by atoms with E-state index >= 15 is 4.39 Å². The van der Waals surface area contributed by atoms with E-state index in [1.165, 1.54) is 12.3 Å². The fraction of sp³-hybridized carbons (Fsp3) is 0.269. The third-order valence-electron chi connectivity index (χ3n) is 5.97. The minimum atomic E-state index is -0.679. The maximum absolute atomic E-state index is 15.8. The highest BCUT2D eigenvalue weighted by atomic mass is 35.5. The highest BCUT2D eigenvalue weighted by molar-refractivity contribution is 6.34. The lowest BCUT2D eigenvalue weighted by Crippen LogP contribution is -2.09. The van der Waals surface area contributed by atoms with Crippen molar-refractivity contribution in [3.8, 4) is 16.9 Å². The van der Waals surface area contributed by atoms with Crippen molar-refractivity contribution in [3.63, 3.8) is 0 Å². The Bertz CT molecular complexity index is 1180. The average molecular weight is 455 g/mol. The third-order valence-corrected chi connectivity index (χ3v) is 6.34. The number of benzene rings is 2. The van der Waals surface area contributed by atoms with Crippen molar-refractivity contribution in [1.29, 1.82) is 0 Å². The van der Waals surface area contributed by atoms with E-state index in [9.17, 15) is 4.39 Å². The summed E-state index contributed by atoms with van der Waals surface area (Å²) in [5.74, 6) is -1.08. The Labute approximate surface area is 191 Å². The Balaban J connectivity index is 1.97. The molecule has 3 nitrogen and oxygen atoms in total. The SMILES string of the molecule is C=C(N)c1cnc(CCCC)c(F)c1-c1c(Cl)c(F)cc2c1[C@H](C)C(c1ccccc1)O2. The van der Waals surface area contributed by atoms with Gasteiger partial charge in [0.25, 0.3) is 0 Å². The first kappa shape index (κ1) is 22.3. The van der Waals surface area contributed by atoms with E-state index in [1.807, 2.05) is 44.2 Å². The smallest absolute Gasteiger partial charge is 0.153 e. The molecule has 0 saturated carbocycles. The standard InChI is InChI=1S/C26H25ClF2N2O/c1-4-5-11-19-25(29)22(17(13-31-19)15(3)30)23-21-14(2)26(16-9-7-6-8-10-16)32-20(21)12-18(28)24(23)27/h6-10,12-14,26H,3-5,11,30H2,1-2H3/t14-,26?/m0/s1. The molecule has 2 N–H and O–H groups in total. The number of ether oxygens (including phenoxy) is 1. The number of pyridine rings is 1. The summed E-state index contributed by atoms with van der Waals surface area (Å²) in [4.78, 5) is 4.27. The molecular weight excluding hydrogens is 430 g/mol. The van der Waals surface area contributed by atoms with E-state index in [0.29, 0.717) is 29.0 Å². The number of nitrogens with two attached hydrogens (primary N) is 1. The molecule has 2 atom stereocenters. The Hall–Kier alpha value is -2.92. The lowest BCUT2D eigenvalue weighted by atomic mass is 9.85. The van der Waals surface area contributed by atoms with Crippen LogP contribution in [-0.2, 0) is 6.42 Å². The molecule has 0 aliphatic carbocycles. The zero-order valence-corrected chi connectivity index (χ0v) is 18.8. The van der Waals surface area contributed by atoms with Gasteiger partial charge in [0.2, 0.25) is 0 Å². The van der Waals surface area contributed by atoms with Crippen molar-refractivity contribution in [3.05, 3.63) is 88.2 Å². The normalized spacial score (nSPS) is 17.2. The van der Waals surface area contributed by atoms with Gasteiger partial charge in [-0.15, -0.1) is 0 Å². The highest BCUT2D eigenvalue weighted by Gasteiger charge is 2.38. The molecule has 1 unspecified atom stereocenters. The molecule has 0 saturated heterocycles. The second kappa shape index (κ2) is 8.91. The van der Waals surface area contributed by atoms with Gasteiger partial charge >= 0.3 is 0 Å². The van der Waals surface area contributed by atoms with Crippen LogP contribution in [0.25, 0.3) is 16.8 Å². The van der Waals surface area contributed by atoms with Crippen LogP contribution in [0.5, 0.6) is 5.75 Å². The molecule has 4 rings (SSSR count). The Morgan fingerprint density at radius 1 is 1.22 bits per heavy atom. The van der Waals surface area contributed by atoms with Crippen molar-refractivity contribution in [2.45, 2.75) is 45.1 Å². The number of unbranched alkanes of at least 4 members (excludes halogenated alkanes) is 1. The Kier molecular flexibility index (Phi) is 6.20. The van der Waals surface area contributed by atoms with Crippen LogP contribution < -0.4 is 10.5 Å². The van der Waals surface area contributed by atoms with Gasteiger partial charge in [-0.1, -0.05) is 68.8 Å². The summed E-state index contributed by atoms with van der Waals surface area (Å²) in [6.07, 6.45) is 3.27. The number of aryl methyl sites for hydroxylation is 1. The van der Waals surface area contributed by atoms with E-state index in [1.54, 1.807) is 0 Å². The summed E-state index contributed by atoms with van der Waals surface area (Å²) < 4.78 is 36.9. The predicted octanol–water partition coefficient (Wildman–Crippen LogP) is 7.19. The minimum absolute atomic E-state index is 0.128. The molecule has 0 radical (unpaired) electrons. The molecular formula is C26H25ClF2N2O. The molecule has 166 valence electrons. The molecule has 2 aromatic carbocycles. The number of rotatable bonds is 6. The van der Waals surface area contributed by atoms with Gasteiger partial charge < -0.3 is 10.5 Å². The molecule has 1 aliphatic rings. The minimum Gasteiger partial charge on any atom is -0.485 e. The average Bonchev–Trinajstić information content (AvgIpc) is 3.10. The molecule has 0 spiro atoms. The predicted molar refractivity (Wildman–Crippen MR) is 125 cm³/mol. The summed E-state index contributed by atoms with van der Waals surface area (Å²) >= 11 is 6.49. The zero-order chi connectivity index (χ0) is 23.0. The van der Waals surface area contributed by atoms with Crippen molar-refractivity contribution in [2.24, 2.45) is 5.73 Å². The van der Waals surface area contributed by atoms with Crippen LogP contribution in [0.2, 0.25) is 5.02 Å². The molecule has 0 amide bonds. The monoisotopic (exact) mass is 454 g/mol. The summed E-state index contributed by atoms with van der Waals surface area (Å²) in [5, 5.41) is -0.165. The summed E-state index contributed by atoms with van der Waals surface area (Å²) in [6, 6.07) is 10.9. The quantitative estimate of drug-likeness (QED) is 0.428. The second-order valence-corrected chi connectivity index (χ2v) is 8.51. The molecule has 1 aliphatic heterocycles. The lowest BCUT2D eigenvalue weighted by molar-refractivity contribution is 0.215. The van der Waals surface area contributed by atoms with Crippen LogP contribution in [-0.4, -0.2) is 4.98 Å². The molecule has 1 aromatic heterocycles. The van der Waals surface area contributed by atoms with Gasteiger partial charge in [-0.05, 0) is 18.4 Å². The summed E-state index contributed by atoms with van der Waals surface area (Å²) in [7, 11) is 0. The van der Waals surface area contributed by atoms with Gasteiger partial charge in [-0.3, -0.25) is 4.98 Å². The van der Waals surface area contributed by atoms with Crippen molar-refractivity contribution in [2.75, 3.05) is 0 Å². The maximum atomic E-state index is 15.8. The molecule has 0 fully saturated rings. The summed E-state index contributed by atoms with van der Waals surface area (Å²) in [6.45, 7) is 7.76. The van der Waals surface area contributed by atoms with Crippen LogP contribution in [0, 0.1) is 11.6 Å². The first-order chi connectivity index (χ1) is 15.3. The van der Waals surface area contributed by atoms with E-state index in [2.05, 4.69) is 11.6 Å².